The number of aromatic nitrogens is 2. The van der Waals surface area contributed by atoms with E-state index in [9.17, 15) is 9.18 Å². The third-order valence-corrected chi connectivity index (χ3v) is 5.07. The number of carbonyl (C=O) groups is 1. The molecule has 0 saturated heterocycles. The van der Waals surface area contributed by atoms with Gasteiger partial charge < -0.3 is 14.8 Å². The van der Waals surface area contributed by atoms with Gasteiger partial charge in [0.2, 0.25) is 0 Å². The normalized spacial score (nSPS) is 13.8. The maximum Gasteiger partial charge on any atom is 0.256 e. The van der Waals surface area contributed by atoms with E-state index in [-0.39, 0.29) is 28.5 Å². The summed E-state index contributed by atoms with van der Waals surface area (Å²) in [6, 6.07) is 11.0. The largest absolute Gasteiger partial charge is 0.486 e. The van der Waals surface area contributed by atoms with E-state index < -0.39 is 0 Å². The number of benzene rings is 2. The van der Waals surface area contributed by atoms with Crippen molar-refractivity contribution in [1.29, 1.82) is 0 Å². The fourth-order valence-corrected chi connectivity index (χ4v) is 3.55. The molecule has 1 unspecified atom stereocenters. The fraction of sp³-hybridized carbons (Fsp3) is 0.238. The average Bonchev–Trinajstić information content (AvgIpc) is 3.02. The molecule has 0 fully saturated rings. The Hall–Kier alpha value is -3.06. The third-order valence-electron chi connectivity index (χ3n) is 4.72. The number of hydrogen-bond acceptors (Lipinski definition) is 4. The quantitative estimate of drug-likeness (QED) is 0.692. The van der Waals surface area contributed by atoms with Crippen molar-refractivity contribution in [2.75, 3.05) is 13.2 Å². The second-order valence-electron chi connectivity index (χ2n) is 6.74. The van der Waals surface area contributed by atoms with Gasteiger partial charge in [-0.2, -0.15) is 5.10 Å². The summed E-state index contributed by atoms with van der Waals surface area (Å²) in [5.74, 6) is 0.648. The molecule has 1 atom stereocenters. The first-order valence-electron chi connectivity index (χ1n) is 9.15. The third kappa shape index (κ3) is 3.78. The van der Waals surface area contributed by atoms with Gasteiger partial charge in [0.1, 0.15) is 24.2 Å². The SMILES string of the molecule is Cc1nn(-c2ccc(F)cc2)c(Cl)c1C(=O)NC(C)c1ccc2c(c1)OCCO2. The molecule has 8 heteroatoms. The van der Waals surface area contributed by atoms with Crippen LogP contribution in [0.25, 0.3) is 5.69 Å². The van der Waals surface area contributed by atoms with E-state index in [1.807, 2.05) is 25.1 Å². The smallest absolute Gasteiger partial charge is 0.256 e. The first-order valence-corrected chi connectivity index (χ1v) is 9.53. The molecule has 2 heterocycles. The zero-order chi connectivity index (χ0) is 20.5. The molecule has 1 amide bonds. The zero-order valence-corrected chi connectivity index (χ0v) is 16.7. The topological polar surface area (TPSA) is 65.4 Å². The Kier molecular flexibility index (Phi) is 5.15. The standard InChI is InChI=1S/C21H19ClFN3O3/c1-12(14-3-8-17-18(11-14)29-10-9-28-17)24-21(27)19-13(2)25-26(20(19)22)16-6-4-15(23)5-7-16/h3-8,11-12H,9-10H2,1-2H3,(H,24,27). The molecule has 0 spiro atoms. The van der Waals surface area contributed by atoms with Crippen LogP contribution in [0.2, 0.25) is 5.15 Å². The number of carbonyl (C=O) groups excluding carboxylic acids is 1. The molecule has 0 radical (unpaired) electrons. The average molecular weight is 416 g/mol. The minimum Gasteiger partial charge on any atom is -0.486 e. The van der Waals surface area contributed by atoms with Crippen molar-refractivity contribution in [2.45, 2.75) is 19.9 Å². The minimum absolute atomic E-state index is 0.168. The van der Waals surface area contributed by atoms with Gasteiger partial charge in [0, 0.05) is 0 Å². The first-order chi connectivity index (χ1) is 13.9. The summed E-state index contributed by atoms with van der Waals surface area (Å²) in [6.07, 6.45) is 0. The lowest BCUT2D eigenvalue weighted by Crippen LogP contribution is -2.27. The van der Waals surface area contributed by atoms with Gasteiger partial charge in [-0.25, -0.2) is 9.07 Å². The maximum absolute atomic E-state index is 13.2. The zero-order valence-electron chi connectivity index (χ0n) is 15.9. The highest BCUT2D eigenvalue weighted by Gasteiger charge is 2.23. The number of ether oxygens (including phenoxy) is 2. The molecular weight excluding hydrogens is 397 g/mol. The summed E-state index contributed by atoms with van der Waals surface area (Å²) in [5, 5.41) is 7.44. The second kappa shape index (κ2) is 7.75. The lowest BCUT2D eigenvalue weighted by Gasteiger charge is -2.21. The van der Waals surface area contributed by atoms with Crippen LogP contribution in [0.1, 0.15) is 34.6 Å². The Balaban J connectivity index is 1.56. The Morgan fingerprint density at radius 2 is 1.86 bits per heavy atom. The number of aryl methyl sites for hydroxylation is 1. The van der Waals surface area contributed by atoms with Crippen LogP contribution in [0, 0.1) is 12.7 Å². The van der Waals surface area contributed by atoms with Crippen LogP contribution < -0.4 is 14.8 Å². The van der Waals surface area contributed by atoms with E-state index in [0.29, 0.717) is 36.1 Å². The van der Waals surface area contributed by atoms with Crippen LogP contribution in [0.15, 0.2) is 42.5 Å². The van der Waals surface area contributed by atoms with Crippen molar-refractivity contribution in [1.82, 2.24) is 15.1 Å². The summed E-state index contributed by atoms with van der Waals surface area (Å²) >= 11 is 6.43. The van der Waals surface area contributed by atoms with E-state index in [2.05, 4.69) is 10.4 Å². The summed E-state index contributed by atoms with van der Waals surface area (Å²) in [7, 11) is 0. The van der Waals surface area contributed by atoms with Crippen LogP contribution in [0.4, 0.5) is 4.39 Å². The van der Waals surface area contributed by atoms with Crippen molar-refractivity contribution in [3.8, 4) is 17.2 Å². The van der Waals surface area contributed by atoms with Gasteiger partial charge in [-0.3, -0.25) is 4.79 Å². The van der Waals surface area contributed by atoms with Gasteiger partial charge in [0.05, 0.1) is 23.0 Å². The number of rotatable bonds is 4. The Morgan fingerprint density at radius 1 is 1.17 bits per heavy atom. The number of nitrogens with one attached hydrogen (secondary N) is 1. The molecule has 1 aliphatic rings. The lowest BCUT2D eigenvalue weighted by molar-refractivity contribution is 0.0939. The molecule has 3 aromatic rings. The van der Waals surface area contributed by atoms with Gasteiger partial charge >= 0.3 is 0 Å². The molecule has 0 bridgehead atoms. The lowest BCUT2D eigenvalue weighted by atomic mass is 10.1. The summed E-state index contributed by atoms with van der Waals surface area (Å²) in [5.41, 5.74) is 2.20. The van der Waals surface area contributed by atoms with Crippen molar-refractivity contribution in [3.63, 3.8) is 0 Å². The number of nitrogens with zero attached hydrogens (tertiary/aromatic N) is 2. The monoisotopic (exact) mass is 415 g/mol. The summed E-state index contributed by atoms with van der Waals surface area (Å²) < 4.78 is 25.7. The first kappa shape index (κ1) is 19.3. The minimum atomic E-state index is -0.361. The maximum atomic E-state index is 13.2. The summed E-state index contributed by atoms with van der Waals surface area (Å²) in [4.78, 5) is 12.9. The number of amides is 1. The van der Waals surface area contributed by atoms with Crippen LogP contribution >= 0.6 is 11.6 Å². The fourth-order valence-electron chi connectivity index (χ4n) is 3.19. The molecule has 29 heavy (non-hydrogen) atoms. The molecule has 1 N–H and O–H groups in total. The molecule has 4 rings (SSSR count). The number of halogens is 2. The predicted octanol–water partition coefficient (Wildman–Crippen LogP) is 4.24. The van der Waals surface area contributed by atoms with Gasteiger partial charge in [0.25, 0.3) is 5.91 Å². The van der Waals surface area contributed by atoms with Gasteiger partial charge in [-0.1, -0.05) is 17.7 Å². The second-order valence-corrected chi connectivity index (χ2v) is 7.10. The van der Waals surface area contributed by atoms with E-state index in [1.54, 1.807) is 19.1 Å². The van der Waals surface area contributed by atoms with Crippen molar-refractivity contribution < 1.29 is 18.7 Å². The van der Waals surface area contributed by atoms with E-state index in [0.717, 1.165) is 5.56 Å². The predicted molar refractivity (Wildman–Crippen MR) is 107 cm³/mol. The van der Waals surface area contributed by atoms with E-state index >= 15 is 0 Å². The molecular formula is C21H19ClFN3O3. The van der Waals surface area contributed by atoms with Crippen LogP contribution in [0.3, 0.4) is 0 Å². The van der Waals surface area contributed by atoms with E-state index in [1.165, 1.54) is 16.8 Å². The number of fused-ring (bicyclic) bond motifs is 1. The Labute approximate surface area is 172 Å². The van der Waals surface area contributed by atoms with Crippen LogP contribution in [-0.2, 0) is 0 Å². The van der Waals surface area contributed by atoms with Crippen LogP contribution in [-0.4, -0.2) is 28.9 Å². The highest BCUT2D eigenvalue weighted by molar-refractivity contribution is 6.33. The Bertz CT molecular complexity index is 1070. The van der Waals surface area contributed by atoms with Gasteiger partial charge in [-0.15, -0.1) is 0 Å². The van der Waals surface area contributed by atoms with E-state index in [4.69, 9.17) is 21.1 Å². The number of hydrogen-bond donors (Lipinski definition) is 1. The van der Waals surface area contributed by atoms with Gasteiger partial charge in [0.15, 0.2) is 11.5 Å². The van der Waals surface area contributed by atoms with Gasteiger partial charge in [-0.05, 0) is 55.8 Å². The molecule has 1 aliphatic heterocycles. The molecule has 1 aromatic heterocycles. The molecule has 150 valence electrons. The summed E-state index contributed by atoms with van der Waals surface area (Å²) in [6.45, 7) is 4.59. The molecule has 0 saturated carbocycles. The van der Waals surface area contributed by atoms with Crippen molar-refractivity contribution in [3.05, 3.63) is 70.3 Å². The molecule has 2 aromatic carbocycles. The van der Waals surface area contributed by atoms with Crippen LogP contribution in [0.5, 0.6) is 11.5 Å². The highest BCUT2D eigenvalue weighted by atomic mass is 35.5. The molecule has 0 aliphatic carbocycles. The molecule has 6 nitrogen and oxygen atoms in total. The Morgan fingerprint density at radius 3 is 2.59 bits per heavy atom. The van der Waals surface area contributed by atoms with Crippen molar-refractivity contribution in [2.24, 2.45) is 0 Å². The van der Waals surface area contributed by atoms with Crippen molar-refractivity contribution >= 4 is 17.5 Å². The highest BCUT2D eigenvalue weighted by Crippen LogP contribution is 2.33.